The van der Waals surface area contributed by atoms with E-state index in [9.17, 15) is 9.59 Å². The summed E-state index contributed by atoms with van der Waals surface area (Å²) in [6.45, 7) is 2.76. The van der Waals surface area contributed by atoms with Crippen molar-refractivity contribution in [2.45, 2.75) is 38.5 Å². The Morgan fingerprint density at radius 1 is 1.12 bits per heavy atom. The molecular weight excluding hydrogens is 373 g/mol. The predicted molar refractivity (Wildman–Crippen MR) is 107 cm³/mol. The first-order valence-corrected chi connectivity index (χ1v) is 9.58. The first kappa shape index (κ1) is 21.0. The van der Waals surface area contributed by atoms with Gasteiger partial charge in [-0.2, -0.15) is 0 Å². The molecule has 1 heterocycles. The number of halogens is 2. The molecule has 2 amide bonds. The lowest BCUT2D eigenvalue weighted by molar-refractivity contribution is -0.116. The van der Waals surface area contributed by atoms with Crippen molar-refractivity contribution < 1.29 is 9.59 Å². The van der Waals surface area contributed by atoms with Gasteiger partial charge in [0.05, 0.1) is 11.3 Å². The fourth-order valence-corrected chi connectivity index (χ4v) is 3.36. The number of piperidine rings is 1. The maximum absolute atomic E-state index is 12.4. The molecule has 3 N–H and O–H groups in total. The van der Waals surface area contributed by atoms with Gasteiger partial charge in [0, 0.05) is 18.0 Å². The van der Waals surface area contributed by atoms with Crippen molar-refractivity contribution in [1.29, 1.82) is 0 Å². The highest BCUT2D eigenvalue weighted by Gasteiger charge is 2.23. The molecule has 2 fully saturated rings. The molecule has 0 aromatic heterocycles. The average molecular weight is 400 g/mol. The molecule has 26 heavy (non-hydrogen) atoms. The summed E-state index contributed by atoms with van der Waals surface area (Å²) in [5.41, 5.74) is 0.969. The van der Waals surface area contributed by atoms with E-state index in [0.29, 0.717) is 41.1 Å². The lowest BCUT2D eigenvalue weighted by atomic mass is 9.93. The molecule has 1 aromatic carbocycles. The zero-order chi connectivity index (χ0) is 17.6. The molecule has 2 aliphatic rings. The fourth-order valence-electron chi connectivity index (χ4n) is 3.19. The molecule has 144 valence electrons. The molecule has 7 heteroatoms. The second-order valence-electron chi connectivity index (χ2n) is 7.12. The van der Waals surface area contributed by atoms with Gasteiger partial charge in [-0.1, -0.05) is 11.6 Å². The summed E-state index contributed by atoms with van der Waals surface area (Å²) < 4.78 is 0. The van der Waals surface area contributed by atoms with Gasteiger partial charge in [-0.05, 0) is 75.2 Å². The molecule has 0 bridgehead atoms. The van der Waals surface area contributed by atoms with Gasteiger partial charge in [-0.25, -0.2) is 0 Å². The average Bonchev–Trinajstić information content (AvgIpc) is 3.45. The van der Waals surface area contributed by atoms with Crippen LogP contribution in [0.4, 0.5) is 5.69 Å². The molecule has 0 unspecified atom stereocenters. The van der Waals surface area contributed by atoms with Crippen LogP contribution >= 0.6 is 24.0 Å². The normalized spacial score (nSPS) is 17.3. The summed E-state index contributed by atoms with van der Waals surface area (Å²) in [5, 5.41) is 9.64. The fraction of sp³-hybridized carbons (Fsp3) is 0.579. The molecule has 1 aliphatic heterocycles. The van der Waals surface area contributed by atoms with Crippen molar-refractivity contribution in [2.24, 2.45) is 11.8 Å². The largest absolute Gasteiger partial charge is 0.352 e. The Morgan fingerprint density at radius 2 is 1.85 bits per heavy atom. The Balaban J connectivity index is 0.00000243. The van der Waals surface area contributed by atoms with E-state index in [2.05, 4.69) is 16.0 Å². The number of nitrogens with one attached hydrogen (secondary N) is 3. The van der Waals surface area contributed by atoms with Crippen LogP contribution in [0.3, 0.4) is 0 Å². The first-order chi connectivity index (χ1) is 12.1. The van der Waals surface area contributed by atoms with E-state index in [1.165, 1.54) is 12.8 Å². The van der Waals surface area contributed by atoms with Crippen molar-refractivity contribution in [3.8, 4) is 0 Å². The van der Waals surface area contributed by atoms with E-state index in [0.717, 1.165) is 32.4 Å². The van der Waals surface area contributed by atoms with Gasteiger partial charge >= 0.3 is 0 Å². The maximum Gasteiger partial charge on any atom is 0.253 e. The third-order valence-corrected chi connectivity index (χ3v) is 5.22. The summed E-state index contributed by atoms with van der Waals surface area (Å²) in [6.07, 6.45) is 5.99. The van der Waals surface area contributed by atoms with Gasteiger partial charge < -0.3 is 16.0 Å². The zero-order valence-corrected chi connectivity index (χ0v) is 16.4. The van der Waals surface area contributed by atoms with Crippen molar-refractivity contribution >= 4 is 41.5 Å². The highest BCUT2D eigenvalue weighted by molar-refractivity contribution is 6.31. The van der Waals surface area contributed by atoms with Crippen molar-refractivity contribution in [2.75, 3.05) is 25.0 Å². The Hall–Kier alpha value is -1.30. The first-order valence-electron chi connectivity index (χ1n) is 9.20. The monoisotopic (exact) mass is 399 g/mol. The summed E-state index contributed by atoms with van der Waals surface area (Å²) in [5.74, 6) is 0.991. The molecule has 1 aromatic rings. The maximum atomic E-state index is 12.4. The van der Waals surface area contributed by atoms with Crippen LogP contribution in [0.25, 0.3) is 0 Å². The quantitative estimate of drug-likeness (QED) is 0.655. The lowest BCUT2D eigenvalue weighted by Crippen LogP contribution is -2.29. The van der Waals surface area contributed by atoms with Gasteiger partial charge in [-0.3, -0.25) is 9.59 Å². The second-order valence-corrected chi connectivity index (χ2v) is 7.56. The van der Waals surface area contributed by atoms with E-state index in [4.69, 9.17) is 11.6 Å². The van der Waals surface area contributed by atoms with Crippen LogP contribution in [0.2, 0.25) is 5.02 Å². The summed E-state index contributed by atoms with van der Waals surface area (Å²) in [4.78, 5) is 24.7. The molecule has 0 atom stereocenters. The standard InChI is InChI=1S/C19H26ClN3O2.ClH/c20-15-4-5-17(16(11-15)19(25)22-12-14-1-2-14)23-18(24)6-3-13-7-9-21-10-8-13;/h4-5,11,13-14,21H,1-3,6-10,12H2,(H,22,25)(H,23,24);1H. The molecule has 0 radical (unpaired) electrons. The zero-order valence-electron chi connectivity index (χ0n) is 14.9. The van der Waals surface area contributed by atoms with Crippen LogP contribution in [0.5, 0.6) is 0 Å². The van der Waals surface area contributed by atoms with Crippen LogP contribution in [0.15, 0.2) is 18.2 Å². The Bertz CT molecular complexity index is 629. The Labute approximate surface area is 166 Å². The molecular formula is C19H27Cl2N3O2. The van der Waals surface area contributed by atoms with Crippen LogP contribution in [0.1, 0.15) is 48.9 Å². The van der Waals surface area contributed by atoms with Gasteiger partial charge in [0.2, 0.25) is 5.91 Å². The minimum Gasteiger partial charge on any atom is -0.352 e. The Morgan fingerprint density at radius 3 is 2.54 bits per heavy atom. The number of carbonyl (C=O) groups is 2. The topological polar surface area (TPSA) is 70.2 Å². The SMILES string of the molecule is Cl.O=C(CCC1CCNCC1)Nc1ccc(Cl)cc1C(=O)NCC1CC1. The van der Waals surface area contributed by atoms with Crippen LogP contribution < -0.4 is 16.0 Å². The van der Waals surface area contributed by atoms with Crippen molar-refractivity contribution in [3.05, 3.63) is 28.8 Å². The molecule has 1 aliphatic carbocycles. The van der Waals surface area contributed by atoms with Crippen molar-refractivity contribution in [3.63, 3.8) is 0 Å². The summed E-state index contributed by atoms with van der Waals surface area (Å²) in [7, 11) is 0. The summed E-state index contributed by atoms with van der Waals surface area (Å²) in [6, 6.07) is 5.02. The highest BCUT2D eigenvalue weighted by Crippen LogP contribution is 2.28. The van der Waals surface area contributed by atoms with Crippen LogP contribution in [-0.2, 0) is 4.79 Å². The minimum absolute atomic E-state index is 0. The number of carbonyl (C=O) groups excluding carboxylic acids is 2. The molecule has 1 saturated heterocycles. The van der Waals surface area contributed by atoms with E-state index < -0.39 is 0 Å². The smallest absolute Gasteiger partial charge is 0.253 e. The van der Waals surface area contributed by atoms with E-state index in [1.54, 1.807) is 18.2 Å². The third kappa shape index (κ3) is 6.45. The van der Waals surface area contributed by atoms with Crippen LogP contribution in [-0.4, -0.2) is 31.4 Å². The summed E-state index contributed by atoms with van der Waals surface area (Å²) >= 11 is 6.04. The third-order valence-electron chi connectivity index (χ3n) is 4.99. The van der Waals surface area contributed by atoms with Gasteiger partial charge in [-0.15, -0.1) is 12.4 Å². The van der Waals surface area contributed by atoms with Gasteiger partial charge in [0.15, 0.2) is 0 Å². The molecule has 1 saturated carbocycles. The number of anilines is 1. The van der Waals surface area contributed by atoms with Gasteiger partial charge in [0.25, 0.3) is 5.91 Å². The van der Waals surface area contributed by atoms with Crippen LogP contribution in [0, 0.1) is 11.8 Å². The highest BCUT2D eigenvalue weighted by atomic mass is 35.5. The molecule has 0 spiro atoms. The van der Waals surface area contributed by atoms with E-state index in [1.807, 2.05) is 0 Å². The predicted octanol–water partition coefficient (Wildman–Crippen LogP) is 3.62. The molecule has 3 rings (SSSR count). The number of hydrogen-bond donors (Lipinski definition) is 3. The number of benzene rings is 1. The molecule has 5 nitrogen and oxygen atoms in total. The number of hydrogen-bond acceptors (Lipinski definition) is 3. The second kappa shape index (κ2) is 10.1. The lowest BCUT2D eigenvalue weighted by Gasteiger charge is -2.22. The van der Waals surface area contributed by atoms with E-state index >= 15 is 0 Å². The number of rotatable bonds is 7. The Kier molecular flexibility index (Phi) is 8.19. The minimum atomic E-state index is -0.178. The van der Waals surface area contributed by atoms with Gasteiger partial charge in [0.1, 0.15) is 0 Å². The van der Waals surface area contributed by atoms with Crippen molar-refractivity contribution in [1.82, 2.24) is 10.6 Å². The van der Waals surface area contributed by atoms with E-state index in [-0.39, 0.29) is 24.2 Å². The number of amides is 2.